The van der Waals surface area contributed by atoms with E-state index in [1.807, 2.05) is 0 Å². The van der Waals surface area contributed by atoms with Crippen LogP contribution < -0.4 is 5.73 Å². The number of unbranched alkanes of at least 4 members (excludes halogenated alkanes) is 1. The van der Waals surface area contributed by atoms with Crippen LogP contribution in [0.5, 0.6) is 0 Å². The number of aromatic nitrogens is 2. The van der Waals surface area contributed by atoms with Gasteiger partial charge in [-0.2, -0.15) is 0 Å². The lowest BCUT2D eigenvalue weighted by Crippen LogP contribution is -2.23. The number of nitrogens with zero attached hydrogens (tertiary/aromatic N) is 2. The fourth-order valence-corrected chi connectivity index (χ4v) is 3.92. The highest BCUT2D eigenvalue weighted by Gasteiger charge is 2.38. The molecule has 2 aliphatic carbocycles. The first-order valence-corrected chi connectivity index (χ1v) is 8.01. The van der Waals surface area contributed by atoms with Gasteiger partial charge in [-0.15, -0.1) is 0 Å². The third kappa shape index (κ3) is 2.34. The molecule has 0 unspecified atom stereocenters. The molecule has 3 nitrogen and oxygen atoms in total. The number of nitrogen functional groups attached to an aromatic ring is 1. The van der Waals surface area contributed by atoms with Gasteiger partial charge < -0.3 is 5.73 Å². The van der Waals surface area contributed by atoms with Crippen molar-refractivity contribution in [2.45, 2.75) is 64.2 Å². The molecule has 3 atom stereocenters. The molecule has 0 spiro atoms. The quantitative estimate of drug-likeness (QED) is 0.843. The van der Waals surface area contributed by atoms with Crippen LogP contribution in [0.4, 0.5) is 5.95 Å². The van der Waals surface area contributed by atoms with Crippen LogP contribution in [-0.4, -0.2) is 9.97 Å². The largest absolute Gasteiger partial charge is 0.368 e. The second kappa shape index (κ2) is 5.55. The van der Waals surface area contributed by atoms with Crippen molar-refractivity contribution in [3.05, 3.63) is 29.1 Å². The van der Waals surface area contributed by atoms with Gasteiger partial charge in [0.2, 0.25) is 5.95 Å². The smallest absolute Gasteiger partial charge is 0.220 e. The predicted octanol–water partition coefficient (Wildman–Crippen LogP) is 3.96. The van der Waals surface area contributed by atoms with Gasteiger partial charge in [0, 0.05) is 11.6 Å². The molecule has 2 aliphatic rings. The maximum atomic E-state index is 5.92. The number of rotatable bonds is 4. The van der Waals surface area contributed by atoms with E-state index in [2.05, 4.69) is 36.0 Å². The fourth-order valence-electron chi connectivity index (χ4n) is 3.92. The number of hydrogen-bond donors (Lipinski definition) is 1. The van der Waals surface area contributed by atoms with Crippen molar-refractivity contribution in [3.63, 3.8) is 0 Å². The molecule has 0 aromatic carbocycles. The summed E-state index contributed by atoms with van der Waals surface area (Å²) in [6.45, 7) is 4.59. The molecule has 1 heterocycles. The first-order valence-electron chi connectivity index (χ1n) is 8.01. The maximum Gasteiger partial charge on any atom is 0.220 e. The van der Waals surface area contributed by atoms with Crippen LogP contribution in [0, 0.1) is 5.92 Å². The van der Waals surface area contributed by atoms with Crippen LogP contribution >= 0.6 is 0 Å². The third-order valence-electron chi connectivity index (χ3n) is 4.92. The molecule has 0 amide bonds. The molecule has 2 N–H and O–H groups in total. The van der Waals surface area contributed by atoms with E-state index in [0.29, 0.717) is 23.7 Å². The van der Waals surface area contributed by atoms with E-state index in [-0.39, 0.29) is 0 Å². The van der Waals surface area contributed by atoms with E-state index in [1.54, 1.807) is 0 Å². The Morgan fingerprint density at radius 2 is 2.15 bits per heavy atom. The highest BCUT2D eigenvalue weighted by atomic mass is 15.0. The monoisotopic (exact) mass is 271 g/mol. The lowest BCUT2D eigenvalue weighted by molar-refractivity contribution is 0.355. The molecule has 108 valence electrons. The minimum atomic E-state index is 0.469. The van der Waals surface area contributed by atoms with Gasteiger partial charge in [-0.25, -0.2) is 9.97 Å². The van der Waals surface area contributed by atoms with Crippen LogP contribution in [0.2, 0.25) is 0 Å². The summed E-state index contributed by atoms with van der Waals surface area (Å²) >= 11 is 0. The minimum Gasteiger partial charge on any atom is -0.368 e. The Balaban J connectivity index is 1.91. The zero-order valence-corrected chi connectivity index (χ0v) is 12.6. The highest BCUT2D eigenvalue weighted by Crippen LogP contribution is 2.49. The summed E-state index contributed by atoms with van der Waals surface area (Å²) in [5.41, 5.74) is 9.86. The van der Waals surface area contributed by atoms with Crippen LogP contribution in [0.25, 0.3) is 0 Å². The van der Waals surface area contributed by atoms with Crippen LogP contribution in [0.1, 0.15) is 74.7 Å². The fraction of sp³-hybridized carbons (Fsp3) is 0.647. The molecule has 0 fully saturated rings. The van der Waals surface area contributed by atoms with Gasteiger partial charge in [0.05, 0.1) is 5.69 Å². The average molecular weight is 271 g/mol. The van der Waals surface area contributed by atoms with Gasteiger partial charge in [-0.1, -0.05) is 32.4 Å². The van der Waals surface area contributed by atoms with Gasteiger partial charge >= 0.3 is 0 Å². The first-order chi connectivity index (χ1) is 9.70. The van der Waals surface area contributed by atoms with Gasteiger partial charge in [0.25, 0.3) is 0 Å². The zero-order chi connectivity index (χ0) is 14.1. The molecule has 0 saturated carbocycles. The predicted molar refractivity (Wildman–Crippen MR) is 82.7 cm³/mol. The lowest BCUT2D eigenvalue weighted by atomic mass is 9.73. The molecule has 20 heavy (non-hydrogen) atoms. The molecule has 0 aliphatic heterocycles. The summed E-state index contributed by atoms with van der Waals surface area (Å²) in [6, 6.07) is 0. The second-order valence-corrected chi connectivity index (χ2v) is 6.38. The van der Waals surface area contributed by atoms with E-state index < -0.39 is 0 Å². The van der Waals surface area contributed by atoms with Gasteiger partial charge in [0.15, 0.2) is 0 Å². The number of allylic oxidation sites excluding steroid dienone is 2. The molecular formula is C17H25N3. The Bertz CT molecular complexity index is 521. The Hall–Kier alpha value is -1.38. The Morgan fingerprint density at radius 1 is 1.30 bits per heavy atom. The normalized spacial score (nSPS) is 28.0. The van der Waals surface area contributed by atoms with Crippen LogP contribution in [0.3, 0.4) is 0 Å². The third-order valence-corrected chi connectivity index (χ3v) is 4.92. The minimum absolute atomic E-state index is 0.469. The highest BCUT2D eigenvalue weighted by molar-refractivity contribution is 5.42. The molecule has 0 radical (unpaired) electrons. The topological polar surface area (TPSA) is 51.8 Å². The Morgan fingerprint density at radius 3 is 2.95 bits per heavy atom. The molecule has 1 aromatic rings. The Kier molecular flexibility index (Phi) is 3.77. The standard InChI is InChI=1S/C17H25N3/c1-3-4-5-6-7-13-11(2)10-12-8-9-14-15(12)16(13)20-17(18)19-14/h5-6,11-13H,3-4,7-10H2,1-2H3,(H2,18,19,20)/t11-,12+,13+/m1/s1. The van der Waals surface area contributed by atoms with Crippen molar-refractivity contribution in [1.29, 1.82) is 0 Å². The van der Waals surface area contributed by atoms with Gasteiger partial charge in [-0.05, 0) is 49.5 Å². The first kappa shape index (κ1) is 13.6. The van der Waals surface area contributed by atoms with E-state index in [1.165, 1.54) is 42.6 Å². The van der Waals surface area contributed by atoms with Crippen molar-refractivity contribution in [2.24, 2.45) is 5.92 Å². The van der Waals surface area contributed by atoms with E-state index in [4.69, 9.17) is 5.73 Å². The Labute approximate surface area is 121 Å². The summed E-state index contributed by atoms with van der Waals surface area (Å²) in [5.74, 6) is 2.37. The SMILES string of the molecule is CCCC=CC[C@@H]1c2nc(N)nc3c2[C@@H](CC3)C[C@H]1C. The average Bonchev–Trinajstić information content (AvgIpc) is 2.80. The van der Waals surface area contributed by atoms with Crippen molar-refractivity contribution in [3.8, 4) is 0 Å². The number of hydrogen-bond acceptors (Lipinski definition) is 3. The molecule has 3 heteroatoms. The summed E-state index contributed by atoms with van der Waals surface area (Å²) < 4.78 is 0. The summed E-state index contributed by atoms with van der Waals surface area (Å²) in [7, 11) is 0. The van der Waals surface area contributed by atoms with Crippen molar-refractivity contribution in [2.75, 3.05) is 5.73 Å². The van der Waals surface area contributed by atoms with Crippen LogP contribution in [0.15, 0.2) is 12.2 Å². The second-order valence-electron chi connectivity index (χ2n) is 6.38. The van der Waals surface area contributed by atoms with E-state index in [9.17, 15) is 0 Å². The van der Waals surface area contributed by atoms with Crippen molar-refractivity contribution < 1.29 is 0 Å². The van der Waals surface area contributed by atoms with Crippen LogP contribution in [-0.2, 0) is 6.42 Å². The molecular weight excluding hydrogens is 246 g/mol. The molecule has 3 rings (SSSR count). The summed E-state index contributed by atoms with van der Waals surface area (Å²) in [4.78, 5) is 9.09. The van der Waals surface area contributed by atoms with Crippen molar-refractivity contribution >= 4 is 5.95 Å². The molecule has 0 bridgehead atoms. The zero-order valence-electron chi connectivity index (χ0n) is 12.6. The molecule has 1 aromatic heterocycles. The number of aryl methyl sites for hydroxylation is 1. The summed E-state index contributed by atoms with van der Waals surface area (Å²) in [6.07, 6.45) is 11.8. The number of nitrogens with two attached hydrogens (primary N) is 1. The summed E-state index contributed by atoms with van der Waals surface area (Å²) in [5, 5.41) is 0. The van der Waals surface area contributed by atoms with E-state index >= 15 is 0 Å². The van der Waals surface area contributed by atoms with Gasteiger partial charge in [-0.3, -0.25) is 0 Å². The maximum absolute atomic E-state index is 5.92. The lowest BCUT2D eigenvalue weighted by Gasteiger charge is -2.33. The van der Waals surface area contributed by atoms with Crippen molar-refractivity contribution in [1.82, 2.24) is 9.97 Å². The van der Waals surface area contributed by atoms with Gasteiger partial charge in [0.1, 0.15) is 0 Å². The van der Waals surface area contributed by atoms with E-state index in [0.717, 1.165) is 12.8 Å². The molecule has 0 saturated heterocycles. The number of anilines is 1.